The molecule has 0 atom stereocenters. The predicted molar refractivity (Wildman–Crippen MR) is 123 cm³/mol. The van der Waals surface area contributed by atoms with Crippen LogP contribution in [-0.2, 0) is 9.59 Å². The summed E-state index contributed by atoms with van der Waals surface area (Å²) in [5, 5.41) is 4.88. The molecule has 0 spiro atoms. The number of ether oxygens (including phenoxy) is 2. The van der Waals surface area contributed by atoms with Gasteiger partial charge in [0.15, 0.2) is 11.5 Å². The molecule has 1 N–H and O–H groups in total. The lowest BCUT2D eigenvalue weighted by molar-refractivity contribution is -0.120. The average Bonchev–Trinajstić information content (AvgIpc) is 3.38. The number of thiophene rings is 1. The van der Waals surface area contributed by atoms with Crippen LogP contribution in [-0.4, -0.2) is 25.0 Å². The number of carbonyl (C=O) groups excluding carboxylic acids is 2. The molecule has 2 aromatic carbocycles. The van der Waals surface area contributed by atoms with Crippen LogP contribution in [0.4, 0.5) is 15.8 Å². The van der Waals surface area contributed by atoms with Gasteiger partial charge < -0.3 is 14.8 Å². The fraction of sp³-hybridized carbons (Fsp3) is 0.167. The number of carbonyl (C=O) groups is 2. The van der Waals surface area contributed by atoms with E-state index < -0.39 is 17.6 Å². The van der Waals surface area contributed by atoms with Crippen LogP contribution in [0.15, 0.2) is 65.7 Å². The van der Waals surface area contributed by atoms with Crippen molar-refractivity contribution in [1.29, 1.82) is 0 Å². The van der Waals surface area contributed by atoms with Crippen molar-refractivity contribution in [2.75, 3.05) is 23.4 Å². The maximum Gasteiger partial charge on any atom is 0.282 e. The van der Waals surface area contributed by atoms with E-state index in [-0.39, 0.29) is 17.0 Å². The van der Waals surface area contributed by atoms with Crippen molar-refractivity contribution >= 4 is 40.1 Å². The maximum atomic E-state index is 14.5. The molecule has 0 unspecified atom stereocenters. The first-order valence-corrected chi connectivity index (χ1v) is 11.0. The Kier molecular flexibility index (Phi) is 6.23. The summed E-state index contributed by atoms with van der Waals surface area (Å²) in [6.45, 7) is 4.65. The van der Waals surface area contributed by atoms with Gasteiger partial charge in [0.05, 0.1) is 24.5 Å². The van der Waals surface area contributed by atoms with Crippen LogP contribution in [0.3, 0.4) is 0 Å². The zero-order valence-corrected chi connectivity index (χ0v) is 18.4. The summed E-state index contributed by atoms with van der Waals surface area (Å²) in [6, 6.07) is 14.4. The van der Waals surface area contributed by atoms with Crippen LogP contribution in [0.25, 0.3) is 5.57 Å². The Morgan fingerprint density at radius 1 is 0.938 bits per heavy atom. The molecule has 1 aliphatic heterocycles. The molecule has 32 heavy (non-hydrogen) atoms. The molecule has 0 fully saturated rings. The zero-order valence-electron chi connectivity index (χ0n) is 17.6. The summed E-state index contributed by atoms with van der Waals surface area (Å²) in [5.41, 5.74) is 0.722. The van der Waals surface area contributed by atoms with Gasteiger partial charge in [0.25, 0.3) is 11.8 Å². The first-order chi connectivity index (χ1) is 15.5. The number of nitrogens with zero attached hydrogens (tertiary/aromatic N) is 1. The second kappa shape index (κ2) is 9.23. The summed E-state index contributed by atoms with van der Waals surface area (Å²) in [5.74, 6) is -0.772. The highest BCUT2D eigenvalue weighted by atomic mass is 32.1. The predicted octanol–water partition coefficient (Wildman–Crippen LogP) is 5.08. The van der Waals surface area contributed by atoms with Gasteiger partial charge in [-0.1, -0.05) is 18.2 Å². The SMILES string of the molecule is CCOc1ccc(NC2=C(c3cccs3)C(=O)N(c3ccccc3F)C2=O)cc1OCC. The minimum Gasteiger partial charge on any atom is -0.490 e. The van der Waals surface area contributed by atoms with Crippen molar-refractivity contribution < 1.29 is 23.5 Å². The average molecular weight is 453 g/mol. The van der Waals surface area contributed by atoms with Crippen molar-refractivity contribution in [3.63, 3.8) is 0 Å². The quantitative estimate of drug-likeness (QED) is 0.483. The van der Waals surface area contributed by atoms with Gasteiger partial charge in [-0.05, 0) is 49.6 Å². The summed E-state index contributed by atoms with van der Waals surface area (Å²) in [6.07, 6.45) is 0. The normalized spacial score (nSPS) is 13.7. The lowest BCUT2D eigenvalue weighted by Gasteiger charge is -2.16. The Balaban J connectivity index is 1.76. The third kappa shape index (κ3) is 3.97. The standard InChI is InChI=1S/C24H21FN2O4S/c1-3-30-18-12-11-15(14-19(18)31-4-2)26-22-21(20-10-7-13-32-20)23(28)27(24(22)29)17-9-6-5-8-16(17)25/h5-14,26H,3-4H2,1-2H3. The Labute approximate surface area is 188 Å². The number of hydrogen-bond acceptors (Lipinski definition) is 6. The molecule has 0 radical (unpaired) electrons. The topological polar surface area (TPSA) is 67.9 Å². The molecule has 164 valence electrons. The summed E-state index contributed by atoms with van der Waals surface area (Å²) >= 11 is 1.33. The first kappa shape index (κ1) is 21.6. The lowest BCUT2D eigenvalue weighted by atomic mass is 10.1. The molecular weight excluding hydrogens is 431 g/mol. The monoisotopic (exact) mass is 452 g/mol. The van der Waals surface area contributed by atoms with Crippen LogP contribution in [0, 0.1) is 5.82 Å². The molecule has 2 heterocycles. The second-order valence-corrected chi connectivity index (χ2v) is 7.72. The number of amides is 2. The van der Waals surface area contributed by atoms with E-state index in [4.69, 9.17) is 9.47 Å². The third-order valence-corrected chi connectivity index (χ3v) is 5.64. The number of rotatable bonds is 8. The third-order valence-electron chi connectivity index (χ3n) is 4.76. The minimum absolute atomic E-state index is 0.0762. The highest BCUT2D eigenvalue weighted by molar-refractivity contribution is 7.11. The molecule has 8 heteroatoms. The summed E-state index contributed by atoms with van der Waals surface area (Å²) < 4.78 is 25.7. The van der Waals surface area contributed by atoms with E-state index in [1.165, 1.54) is 29.5 Å². The second-order valence-electron chi connectivity index (χ2n) is 6.78. The summed E-state index contributed by atoms with van der Waals surface area (Å²) in [7, 11) is 0. The van der Waals surface area contributed by atoms with Gasteiger partial charge in [0, 0.05) is 16.6 Å². The van der Waals surface area contributed by atoms with E-state index in [0.29, 0.717) is 35.3 Å². The number of imide groups is 1. The fourth-order valence-electron chi connectivity index (χ4n) is 3.42. The molecule has 3 aromatic rings. The largest absolute Gasteiger partial charge is 0.490 e. The van der Waals surface area contributed by atoms with Crippen LogP contribution in [0.5, 0.6) is 11.5 Å². The number of nitrogens with one attached hydrogen (secondary N) is 1. The van der Waals surface area contributed by atoms with Gasteiger partial charge in [-0.15, -0.1) is 11.3 Å². The molecule has 6 nitrogen and oxygen atoms in total. The number of hydrogen-bond donors (Lipinski definition) is 1. The van der Waals surface area contributed by atoms with Gasteiger partial charge in [0.1, 0.15) is 11.5 Å². The molecule has 1 aliphatic rings. The van der Waals surface area contributed by atoms with Crippen molar-refractivity contribution in [3.8, 4) is 11.5 Å². The Hall–Kier alpha value is -3.65. The van der Waals surface area contributed by atoms with E-state index in [0.717, 1.165) is 4.90 Å². The number of halogens is 1. The molecule has 0 saturated heterocycles. The van der Waals surface area contributed by atoms with Gasteiger partial charge in [-0.2, -0.15) is 0 Å². The van der Waals surface area contributed by atoms with Crippen LogP contribution in [0.2, 0.25) is 0 Å². The molecule has 0 bridgehead atoms. The number of benzene rings is 2. The van der Waals surface area contributed by atoms with E-state index in [9.17, 15) is 14.0 Å². The van der Waals surface area contributed by atoms with Crippen LogP contribution in [0.1, 0.15) is 18.7 Å². The Morgan fingerprint density at radius 3 is 2.38 bits per heavy atom. The molecule has 1 aromatic heterocycles. The summed E-state index contributed by atoms with van der Waals surface area (Å²) in [4.78, 5) is 28.1. The van der Waals surface area contributed by atoms with E-state index in [1.807, 2.05) is 19.2 Å². The van der Waals surface area contributed by atoms with Crippen molar-refractivity contribution in [2.24, 2.45) is 0 Å². The smallest absolute Gasteiger partial charge is 0.282 e. The van der Waals surface area contributed by atoms with E-state index >= 15 is 0 Å². The Bertz CT molecular complexity index is 1190. The molecule has 2 amide bonds. The minimum atomic E-state index is -0.652. The van der Waals surface area contributed by atoms with Gasteiger partial charge in [-0.3, -0.25) is 9.59 Å². The maximum absolute atomic E-state index is 14.5. The highest BCUT2D eigenvalue weighted by Crippen LogP contribution is 2.37. The molecular formula is C24H21FN2O4S. The molecule has 0 saturated carbocycles. The lowest BCUT2D eigenvalue weighted by Crippen LogP contribution is -2.33. The van der Waals surface area contributed by atoms with E-state index in [1.54, 1.807) is 36.4 Å². The first-order valence-electron chi connectivity index (χ1n) is 10.1. The van der Waals surface area contributed by atoms with Crippen LogP contribution < -0.4 is 19.7 Å². The van der Waals surface area contributed by atoms with Crippen molar-refractivity contribution in [2.45, 2.75) is 13.8 Å². The molecule has 0 aliphatic carbocycles. The fourth-order valence-corrected chi connectivity index (χ4v) is 4.19. The van der Waals surface area contributed by atoms with Gasteiger partial charge in [0.2, 0.25) is 0 Å². The highest BCUT2D eigenvalue weighted by Gasteiger charge is 2.41. The van der Waals surface area contributed by atoms with Gasteiger partial charge >= 0.3 is 0 Å². The van der Waals surface area contributed by atoms with Gasteiger partial charge in [-0.25, -0.2) is 9.29 Å². The van der Waals surface area contributed by atoms with Crippen molar-refractivity contribution in [1.82, 2.24) is 0 Å². The van der Waals surface area contributed by atoms with E-state index in [2.05, 4.69) is 5.32 Å². The Morgan fingerprint density at radius 2 is 1.69 bits per heavy atom. The van der Waals surface area contributed by atoms with Crippen LogP contribution >= 0.6 is 11.3 Å². The number of para-hydroxylation sites is 1. The molecule has 4 rings (SSSR count). The zero-order chi connectivity index (χ0) is 22.7. The van der Waals surface area contributed by atoms with Crippen molar-refractivity contribution in [3.05, 3.63) is 76.4 Å². The number of anilines is 2.